The van der Waals surface area contributed by atoms with Crippen molar-refractivity contribution in [1.82, 2.24) is 5.32 Å². The van der Waals surface area contributed by atoms with E-state index in [0.717, 1.165) is 18.5 Å². The van der Waals surface area contributed by atoms with Crippen LogP contribution in [0.1, 0.15) is 70.6 Å². The molecule has 1 aliphatic carbocycles. The number of hydrogen-bond donors (Lipinski definition) is 3. The average molecular weight is 398 g/mol. The highest BCUT2D eigenvalue weighted by atomic mass is 32.2. The van der Waals surface area contributed by atoms with Crippen LogP contribution in [0, 0.1) is 0 Å². The topological polar surface area (TPSA) is 84.2 Å². The molecule has 0 saturated heterocycles. The van der Waals surface area contributed by atoms with Gasteiger partial charge in [0, 0.05) is 11.7 Å². The molecule has 1 fully saturated rings. The van der Waals surface area contributed by atoms with Crippen molar-refractivity contribution in [2.75, 3.05) is 5.32 Å². The Morgan fingerprint density at radius 1 is 0.885 bits per heavy atom. The van der Waals surface area contributed by atoms with Crippen molar-refractivity contribution in [2.45, 2.75) is 81.6 Å². The van der Waals surface area contributed by atoms with Crippen LogP contribution in [-0.2, 0) is 10.0 Å². The second-order valence-electron chi connectivity index (χ2n) is 7.12. The summed E-state index contributed by atoms with van der Waals surface area (Å²) in [6.07, 6.45) is 14.2. The van der Waals surface area contributed by atoms with Gasteiger partial charge in [-0.25, -0.2) is 13.6 Å². The van der Waals surface area contributed by atoms with Gasteiger partial charge >= 0.3 is 0 Å². The highest BCUT2D eigenvalue weighted by Crippen LogP contribution is 2.17. The van der Waals surface area contributed by atoms with Gasteiger partial charge in [-0.3, -0.25) is 0 Å². The van der Waals surface area contributed by atoms with E-state index in [9.17, 15) is 8.42 Å². The summed E-state index contributed by atoms with van der Waals surface area (Å²) in [5.74, 6) is 0. The Morgan fingerprint density at radius 3 is 1.81 bits per heavy atom. The Balaban J connectivity index is 1.85. The van der Waals surface area contributed by atoms with Crippen molar-refractivity contribution in [2.24, 2.45) is 5.14 Å². The fourth-order valence-corrected chi connectivity index (χ4v) is 4.19. The van der Waals surface area contributed by atoms with Gasteiger partial charge in [-0.2, -0.15) is 0 Å². The molecule has 5 nitrogen and oxygen atoms in total. The lowest BCUT2D eigenvalue weighted by Crippen LogP contribution is -2.37. The first kappa shape index (κ1) is 21.1. The molecule has 1 aliphatic rings. The molecule has 0 unspecified atom stereocenters. The van der Waals surface area contributed by atoms with Crippen molar-refractivity contribution >= 4 is 33.0 Å². The number of benzene rings is 1. The molecule has 0 bridgehead atoms. The second kappa shape index (κ2) is 10.8. The predicted octanol–water partition coefficient (Wildman–Crippen LogP) is 4.29. The van der Waals surface area contributed by atoms with E-state index in [2.05, 4.69) is 10.6 Å². The fourth-order valence-electron chi connectivity index (χ4n) is 3.39. The van der Waals surface area contributed by atoms with Gasteiger partial charge in [-0.05, 0) is 49.3 Å². The summed E-state index contributed by atoms with van der Waals surface area (Å²) in [5, 5.41) is 12.3. The van der Waals surface area contributed by atoms with E-state index in [1.54, 1.807) is 12.1 Å². The smallest absolute Gasteiger partial charge is 0.238 e. The highest BCUT2D eigenvalue weighted by molar-refractivity contribution is 7.89. The minimum absolute atomic E-state index is 0.0984. The summed E-state index contributed by atoms with van der Waals surface area (Å²) >= 11 is 5.45. The molecule has 4 N–H and O–H groups in total. The van der Waals surface area contributed by atoms with Crippen LogP contribution in [0.25, 0.3) is 0 Å². The van der Waals surface area contributed by atoms with Gasteiger partial charge in [0.05, 0.1) is 4.90 Å². The molecule has 0 spiro atoms. The zero-order valence-corrected chi connectivity index (χ0v) is 17.0. The van der Waals surface area contributed by atoms with Gasteiger partial charge in [0.2, 0.25) is 10.0 Å². The standard InChI is InChI=1S/C19H31N3O2S2/c20-26(23,24)18-14-12-17(13-15-18)22-19(25)21-16-10-8-6-4-2-1-3-5-7-9-11-16/h12-16H,1-11H2,(H2,20,23,24)(H2,21,22,25). The molecule has 2 rings (SSSR count). The summed E-state index contributed by atoms with van der Waals surface area (Å²) in [4.78, 5) is 0.0984. The maximum absolute atomic E-state index is 11.3. The van der Waals surface area contributed by atoms with Crippen LogP contribution in [0.5, 0.6) is 0 Å². The van der Waals surface area contributed by atoms with Gasteiger partial charge in [-0.1, -0.05) is 57.8 Å². The first-order chi connectivity index (χ1) is 12.4. The number of thiocarbonyl (C=S) groups is 1. The Kier molecular flexibility index (Phi) is 8.81. The number of nitrogens with one attached hydrogen (secondary N) is 2. The van der Waals surface area contributed by atoms with Gasteiger partial charge < -0.3 is 10.6 Å². The average Bonchev–Trinajstić information content (AvgIpc) is 2.57. The molecular weight excluding hydrogens is 366 g/mol. The van der Waals surface area contributed by atoms with E-state index in [1.807, 2.05) is 0 Å². The third-order valence-corrected chi connectivity index (χ3v) is 6.03. The Hall–Kier alpha value is -1.18. The molecule has 1 saturated carbocycles. The maximum atomic E-state index is 11.3. The lowest BCUT2D eigenvalue weighted by atomic mass is 9.98. The second-order valence-corrected chi connectivity index (χ2v) is 9.09. The summed E-state index contributed by atoms with van der Waals surface area (Å²) in [7, 11) is -3.67. The first-order valence-corrected chi connectivity index (χ1v) is 11.6. The van der Waals surface area contributed by atoms with E-state index >= 15 is 0 Å². The molecular formula is C19H31N3O2S2. The van der Waals surface area contributed by atoms with E-state index in [0.29, 0.717) is 11.2 Å². The van der Waals surface area contributed by atoms with Crippen molar-refractivity contribution in [3.63, 3.8) is 0 Å². The molecule has 0 amide bonds. The van der Waals surface area contributed by atoms with Crippen molar-refractivity contribution in [1.29, 1.82) is 0 Å². The van der Waals surface area contributed by atoms with E-state index < -0.39 is 10.0 Å². The van der Waals surface area contributed by atoms with E-state index in [1.165, 1.54) is 69.9 Å². The van der Waals surface area contributed by atoms with Crippen LogP contribution in [-0.4, -0.2) is 19.6 Å². The van der Waals surface area contributed by atoms with Crippen molar-refractivity contribution in [3.05, 3.63) is 24.3 Å². The molecule has 0 atom stereocenters. The minimum Gasteiger partial charge on any atom is -0.360 e. The molecule has 0 aliphatic heterocycles. The first-order valence-electron chi connectivity index (χ1n) is 9.65. The van der Waals surface area contributed by atoms with Crippen LogP contribution >= 0.6 is 12.2 Å². The number of primary sulfonamides is 1. The summed E-state index contributed by atoms with van der Waals surface area (Å²) in [5.41, 5.74) is 0.753. The monoisotopic (exact) mass is 397 g/mol. The summed E-state index contributed by atoms with van der Waals surface area (Å²) in [6.45, 7) is 0. The molecule has 0 radical (unpaired) electrons. The molecule has 1 aromatic rings. The van der Waals surface area contributed by atoms with Crippen LogP contribution < -0.4 is 15.8 Å². The van der Waals surface area contributed by atoms with Crippen LogP contribution in [0.15, 0.2) is 29.2 Å². The predicted molar refractivity (Wildman–Crippen MR) is 112 cm³/mol. The van der Waals surface area contributed by atoms with E-state index in [4.69, 9.17) is 17.4 Å². The van der Waals surface area contributed by atoms with Crippen LogP contribution in [0.2, 0.25) is 0 Å². The third-order valence-electron chi connectivity index (χ3n) is 4.88. The molecule has 7 heteroatoms. The van der Waals surface area contributed by atoms with Crippen LogP contribution in [0.4, 0.5) is 5.69 Å². The van der Waals surface area contributed by atoms with Gasteiger partial charge in [0.25, 0.3) is 0 Å². The number of rotatable bonds is 3. The molecule has 1 aromatic carbocycles. The summed E-state index contributed by atoms with van der Waals surface area (Å²) in [6, 6.07) is 6.72. The Bertz CT molecular complexity index is 648. The summed E-state index contributed by atoms with van der Waals surface area (Å²) < 4.78 is 22.6. The van der Waals surface area contributed by atoms with Crippen LogP contribution in [0.3, 0.4) is 0 Å². The third kappa shape index (κ3) is 8.01. The van der Waals surface area contributed by atoms with Gasteiger partial charge in [0.15, 0.2) is 5.11 Å². The molecule has 0 aromatic heterocycles. The van der Waals surface area contributed by atoms with Gasteiger partial charge in [0.1, 0.15) is 0 Å². The largest absolute Gasteiger partial charge is 0.360 e. The fraction of sp³-hybridized carbons (Fsp3) is 0.632. The normalized spacial score (nSPS) is 18.3. The zero-order chi connectivity index (χ0) is 18.8. The molecule has 146 valence electrons. The minimum atomic E-state index is -3.67. The van der Waals surface area contributed by atoms with Crippen molar-refractivity contribution < 1.29 is 8.42 Å². The lowest BCUT2D eigenvalue weighted by molar-refractivity contribution is 0.444. The Morgan fingerprint density at radius 2 is 1.35 bits per heavy atom. The number of sulfonamides is 1. The quantitative estimate of drug-likeness (QED) is 0.663. The molecule has 0 heterocycles. The molecule has 26 heavy (non-hydrogen) atoms. The number of nitrogens with two attached hydrogens (primary N) is 1. The number of hydrogen-bond acceptors (Lipinski definition) is 3. The Labute approximate surface area is 163 Å². The van der Waals surface area contributed by atoms with Gasteiger partial charge in [-0.15, -0.1) is 0 Å². The number of anilines is 1. The SMILES string of the molecule is NS(=O)(=O)c1ccc(NC(=S)NC2CCCCCCCCCCC2)cc1. The van der Waals surface area contributed by atoms with Crippen molar-refractivity contribution in [3.8, 4) is 0 Å². The maximum Gasteiger partial charge on any atom is 0.238 e. The lowest BCUT2D eigenvalue weighted by Gasteiger charge is -2.21. The highest BCUT2D eigenvalue weighted by Gasteiger charge is 2.12. The zero-order valence-electron chi connectivity index (χ0n) is 15.4. The van der Waals surface area contributed by atoms with E-state index in [-0.39, 0.29) is 4.90 Å².